The Morgan fingerprint density at radius 1 is 1.50 bits per heavy atom. The fraction of sp³-hybridized carbons (Fsp3) is 0.308. The minimum Gasteiger partial charge on any atom is -0.483 e. The van der Waals surface area contributed by atoms with Gasteiger partial charge < -0.3 is 10.5 Å². The molecule has 2 aromatic rings. The average Bonchev–Trinajstić information content (AvgIpc) is 2.78. The molecule has 0 spiro atoms. The van der Waals surface area contributed by atoms with Crippen molar-refractivity contribution in [3.63, 3.8) is 0 Å². The summed E-state index contributed by atoms with van der Waals surface area (Å²) in [6, 6.07) is 2.40. The predicted molar refractivity (Wildman–Crippen MR) is 79.3 cm³/mol. The first kappa shape index (κ1) is 15.3. The van der Waals surface area contributed by atoms with Gasteiger partial charge in [-0.3, -0.25) is 4.68 Å². The monoisotopic (exact) mass is 361 g/mol. The molecule has 0 saturated carbocycles. The third kappa shape index (κ3) is 3.31. The zero-order valence-corrected chi connectivity index (χ0v) is 13.3. The van der Waals surface area contributed by atoms with Gasteiger partial charge in [0.05, 0.1) is 15.7 Å². The van der Waals surface area contributed by atoms with Crippen molar-refractivity contribution in [3.8, 4) is 5.75 Å². The van der Waals surface area contributed by atoms with E-state index in [0.717, 1.165) is 5.56 Å². The lowest BCUT2D eigenvalue weighted by Crippen LogP contribution is -2.29. The molecule has 108 valence electrons. The SMILES string of the molecule is CC(N)C(Oc1cc(F)c(Cl)cc1Br)c1cnn(C)c1. The smallest absolute Gasteiger partial charge is 0.145 e. The van der Waals surface area contributed by atoms with Crippen LogP contribution < -0.4 is 10.5 Å². The number of aromatic nitrogens is 2. The van der Waals surface area contributed by atoms with Gasteiger partial charge in [-0.15, -0.1) is 0 Å². The third-order valence-electron chi connectivity index (χ3n) is 2.76. The van der Waals surface area contributed by atoms with Crippen molar-refractivity contribution in [1.82, 2.24) is 9.78 Å². The minimum absolute atomic E-state index is 0.0305. The van der Waals surface area contributed by atoms with E-state index >= 15 is 0 Å². The lowest BCUT2D eigenvalue weighted by atomic mass is 10.1. The van der Waals surface area contributed by atoms with Crippen LogP contribution in [-0.4, -0.2) is 15.8 Å². The van der Waals surface area contributed by atoms with Crippen LogP contribution in [0.2, 0.25) is 5.02 Å². The molecule has 0 aliphatic rings. The summed E-state index contributed by atoms with van der Waals surface area (Å²) in [5.41, 5.74) is 6.77. The van der Waals surface area contributed by atoms with Gasteiger partial charge in [-0.25, -0.2) is 4.39 Å². The molecule has 0 bridgehead atoms. The van der Waals surface area contributed by atoms with Gasteiger partial charge in [0.15, 0.2) is 0 Å². The zero-order valence-electron chi connectivity index (χ0n) is 11.0. The van der Waals surface area contributed by atoms with E-state index in [4.69, 9.17) is 22.1 Å². The number of aryl methyl sites for hydroxylation is 1. The molecule has 2 unspecified atom stereocenters. The highest BCUT2D eigenvalue weighted by atomic mass is 79.9. The lowest BCUT2D eigenvalue weighted by molar-refractivity contribution is 0.178. The van der Waals surface area contributed by atoms with E-state index in [-0.39, 0.29) is 11.1 Å². The quantitative estimate of drug-likeness (QED) is 0.848. The molecule has 7 heteroatoms. The highest BCUT2D eigenvalue weighted by Crippen LogP contribution is 2.34. The van der Waals surface area contributed by atoms with E-state index in [1.165, 1.54) is 12.1 Å². The normalized spacial score (nSPS) is 14.1. The van der Waals surface area contributed by atoms with Gasteiger partial charge in [0.1, 0.15) is 17.7 Å². The summed E-state index contributed by atoms with van der Waals surface area (Å²) in [5.74, 6) is -0.197. The van der Waals surface area contributed by atoms with Crippen molar-refractivity contribution in [2.75, 3.05) is 0 Å². The molecule has 1 aromatic heterocycles. The molecule has 1 heterocycles. The molecule has 0 radical (unpaired) electrons. The van der Waals surface area contributed by atoms with Gasteiger partial charge in [0.25, 0.3) is 0 Å². The van der Waals surface area contributed by atoms with Gasteiger partial charge in [0, 0.05) is 30.9 Å². The number of rotatable bonds is 4. The van der Waals surface area contributed by atoms with Crippen LogP contribution in [0.1, 0.15) is 18.6 Å². The van der Waals surface area contributed by atoms with E-state index in [1.807, 2.05) is 13.1 Å². The Morgan fingerprint density at radius 2 is 2.20 bits per heavy atom. The number of halogens is 3. The Kier molecular flexibility index (Phi) is 4.67. The molecule has 0 aliphatic heterocycles. The number of hydrogen-bond donors (Lipinski definition) is 1. The van der Waals surface area contributed by atoms with Gasteiger partial charge >= 0.3 is 0 Å². The van der Waals surface area contributed by atoms with Gasteiger partial charge in [-0.2, -0.15) is 5.10 Å². The maximum Gasteiger partial charge on any atom is 0.145 e. The summed E-state index contributed by atoms with van der Waals surface area (Å²) < 4.78 is 21.6. The summed E-state index contributed by atoms with van der Waals surface area (Å²) in [7, 11) is 1.81. The molecule has 2 N–H and O–H groups in total. The van der Waals surface area contributed by atoms with E-state index in [1.54, 1.807) is 17.9 Å². The standard InChI is InChI=1S/C13H14BrClFN3O/c1-7(17)13(8-5-18-19(2)6-8)20-12-4-11(16)10(15)3-9(12)14/h3-7,13H,17H2,1-2H3. The second kappa shape index (κ2) is 6.11. The van der Waals surface area contributed by atoms with E-state index in [9.17, 15) is 4.39 Å². The Bertz CT molecular complexity index is 618. The summed E-state index contributed by atoms with van der Waals surface area (Å²) >= 11 is 9.01. The lowest BCUT2D eigenvalue weighted by Gasteiger charge is -2.22. The minimum atomic E-state index is -0.542. The van der Waals surface area contributed by atoms with E-state index in [0.29, 0.717) is 10.2 Å². The number of nitrogens with zero attached hydrogens (tertiary/aromatic N) is 2. The van der Waals surface area contributed by atoms with Crippen molar-refractivity contribution in [2.45, 2.75) is 19.1 Å². The van der Waals surface area contributed by atoms with Crippen LogP contribution in [-0.2, 0) is 7.05 Å². The van der Waals surface area contributed by atoms with Crippen molar-refractivity contribution in [1.29, 1.82) is 0 Å². The molecule has 0 fully saturated rings. The van der Waals surface area contributed by atoms with Crippen LogP contribution in [0.15, 0.2) is 29.0 Å². The van der Waals surface area contributed by atoms with Crippen molar-refractivity contribution >= 4 is 27.5 Å². The first-order chi connectivity index (χ1) is 9.38. The second-order valence-corrected chi connectivity index (χ2v) is 5.80. The fourth-order valence-corrected chi connectivity index (χ4v) is 2.53. The molecule has 2 rings (SSSR count). The Morgan fingerprint density at radius 3 is 2.75 bits per heavy atom. The van der Waals surface area contributed by atoms with Crippen LogP contribution in [0.4, 0.5) is 4.39 Å². The Balaban J connectivity index is 2.32. The van der Waals surface area contributed by atoms with E-state index in [2.05, 4.69) is 21.0 Å². The summed E-state index contributed by atoms with van der Waals surface area (Å²) in [4.78, 5) is 0. The first-order valence-electron chi connectivity index (χ1n) is 5.94. The Hall–Kier alpha value is -1.11. The summed E-state index contributed by atoms with van der Waals surface area (Å²) in [6.07, 6.45) is 3.06. The van der Waals surface area contributed by atoms with Crippen LogP contribution in [0.5, 0.6) is 5.75 Å². The highest BCUT2D eigenvalue weighted by Gasteiger charge is 2.21. The van der Waals surface area contributed by atoms with Crippen LogP contribution in [0.3, 0.4) is 0 Å². The number of ether oxygens (including phenoxy) is 1. The molecule has 0 aliphatic carbocycles. The number of hydrogen-bond acceptors (Lipinski definition) is 3. The maximum atomic E-state index is 13.5. The fourth-order valence-electron chi connectivity index (χ4n) is 1.80. The van der Waals surface area contributed by atoms with Crippen LogP contribution >= 0.6 is 27.5 Å². The molecule has 1 aromatic carbocycles. The third-order valence-corrected chi connectivity index (χ3v) is 3.67. The predicted octanol–water partition coefficient (Wildman–Crippen LogP) is 3.44. The van der Waals surface area contributed by atoms with Crippen molar-refractivity contribution in [2.24, 2.45) is 12.8 Å². The summed E-state index contributed by atoms with van der Waals surface area (Å²) in [5, 5.41) is 4.12. The van der Waals surface area contributed by atoms with Crippen molar-refractivity contribution < 1.29 is 9.13 Å². The number of benzene rings is 1. The molecule has 4 nitrogen and oxygen atoms in total. The topological polar surface area (TPSA) is 53.1 Å². The molecule has 2 atom stereocenters. The van der Waals surface area contributed by atoms with E-state index < -0.39 is 11.9 Å². The largest absolute Gasteiger partial charge is 0.483 e. The molecule has 0 saturated heterocycles. The molecular weight excluding hydrogens is 349 g/mol. The van der Waals surface area contributed by atoms with Crippen LogP contribution in [0.25, 0.3) is 0 Å². The molecular formula is C13H14BrClFN3O. The first-order valence-corrected chi connectivity index (χ1v) is 7.11. The van der Waals surface area contributed by atoms with Gasteiger partial charge in [-0.1, -0.05) is 11.6 Å². The second-order valence-electron chi connectivity index (χ2n) is 4.54. The van der Waals surface area contributed by atoms with Gasteiger partial charge in [0.2, 0.25) is 0 Å². The van der Waals surface area contributed by atoms with Crippen molar-refractivity contribution in [3.05, 3.63) is 45.4 Å². The average molecular weight is 363 g/mol. The summed E-state index contributed by atoms with van der Waals surface area (Å²) in [6.45, 7) is 1.82. The Labute approximate surface area is 129 Å². The molecule has 0 amide bonds. The molecule has 20 heavy (non-hydrogen) atoms. The number of nitrogens with two attached hydrogens (primary N) is 1. The van der Waals surface area contributed by atoms with Gasteiger partial charge in [-0.05, 0) is 28.9 Å². The maximum absolute atomic E-state index is 13.5. The highest BCUT2D eigenvalue weighted by molar-refractivity contribution is 9.10. The van der Waals surface area contributed by atoms with Crippen LogP contribution in [0, 0.1) is 5.82 Å². The zero-order chi connectivity index (χ0) is 14.9.